The number of hydrogen-bond donors (Lipinski definition) is 2. The number of guanidine groups is 1. The smallest absolute Gasteiger partial charge is 0.191 e. The van der Waals surface area contributed by atoms with Crippen molar-refractivity contribution in [1.82, 2.24) is 15.6 Å². The highest BCUT2D eigenvalue weighted by molar-refractivity contribution is 14.0. The fourth-order valence-corrected chi connectivity index (χ4v) is 2.33. The van der Waals surface area contributed by atoms with Crippen molar-refractivity contribution in [3.63, 3.8) is 0 Å². The number of aryl methyl sites for hydroxylation is 1. The molecule has 0 aliphatic heterocycles. The lowest BCUT2D eigenvalue weighted by molar-refractivity contribution is 0.796. The van der Waals surface area contributed by atoms with Gasteiger partial charge in [0.15, 0.2) is 5.96 Å². The molecule has 2 rings (SSSR count). The molecule has 0 radical (unpaired) electrons. The quantitative estimate of drug-likeness (QED) is 0.391. The molecule has 0 aliphatic rings. The molecule has 1 heterocycles. The maximum atomic E-state index is 5.90. The molecule has 6 heteroatoms. The zero-order chi connectivity index (χ0) is 16.5. The zero-order valence-corrected chi connectivity index (χ0v) is 17.1. The van der Waals surface area contributed by atoms with Crippen LogP contribution in [0.25, 0.3) is 0 Å². The summed E-state index contributed by atoms with van der Waals surface area (Å²) in [4.78, 5) is 8.73. The van der Waals surface area contributed by atoms with Crippen LogP contribution in [0.1, 0.15) is 23.6 Å². The van der Waals surface area contributed by atoms with Gasteiger partial charge in [-0.25, -0.2) is 4.99 Å². The van der Waals surface area contributed by atoms with Gasteiger partial charge in [-0.3, -0.25) is 4.98 Å². The maximum Gasteiger partial charge on any atom is 0.191 e. The van der Waals surface area contributed by atoms with E-state index in [4.69, 9.17) is 11.6 Å². The van der Waals surface area contributed by atoms with Crippen LogP contribution in [-0.2, 0) is 13.0 Å². The summed E-state index contributed by atoms with van der Waals surface area (Å²) in [6, 6.07) is 9.83. The molecule has 0 atom stereocenters. The highest BCUT2D eigenvalue weighted by Crippen LogP contribution is 2.10. The minimum absolute atomic E-state index is 0. The number of nitrogens with one attached hydrogen (secondary N) is 2. The fourth-order valence-electron chi connectivity index (χ4n) is 2.20. The maximum absolute atomic E-state index is 5.90. The molecule has 0 amide bonds. The Balaban J connectivity index is 0.00000288. The molecule has 0 fully saturated rings. The van der Waals surface area contributed by atoms with Gasteiger partial charge in [-0.05, 0) is 55.2 Å². The van der Waals surface area contributed by atoms with Gasteiger partial charge in [0.05, 0.1) is 6.54 Å². The highest BCUT2D eigenvalue weighted by Gasteiger charge is 2.00. The van der Waals surface area contributed by atoms with Crippen LogP contribution in [0.3, 0.4) is 0 Å². The molecular weight excluding hydrogens is 435 g/mol. The summed E-state index contributed by atoms with van der Waals surface area (Å²) < 4.78 is 0. The van der Waals surface area contributed by atoms with Crippen LogP contribution in [0.5, 0.6) is 0 Å². The molecule has 0 spiro atoms. The van der Waals surface area contributed by atoms with Gasteiger partial charge in [-0.15, -0.1) is 24.0 Å². The van der Waals surface area contributed by atoms with E-state index >= 15 is 0 Å². The molecule has 1 aromatic carbocycles. The van der Waals surface area contributed by atoms with Gasteiger partial charge in [0, 0.05) is 30.5 Å². The van der Waals surface area contributed by atoms with Crippen LogP contribution in [0.15, 0.2) is 47.7 Å². The number of nitrogens with zero attached hydrogens (tertiary/aromatic N) is 2. The van der Waals surface area contributed by atoms with Gasteiger partial charge in [0.25, 0.3) is 0 Å². The summed E-state index contributed by atoms with van der Waals surface area (Å²) in [6.07, 6.45) is 4.68. The number of benzene rings is 1. The number of aliphatic imine (C=N–C) groups is 1. The normalized spacial score (nSPS) is 10.9. The Bertz CT molecular complexity index is 644. The zero-order valence-electron chi connectivity index (χ0n) is 14.1. The molecule has 24 heavy (non-hydrogen) atoms. The van der Waals surface area contributed by atoms with Crippen LogP contribution in [0, 0.1) is 6.92 Å². The monoisotopic (exact) mass is 458 g/mol. The average Bonchev–Trinajstić information content (AvgIpc) is 2.56. The minimum atomic E-state index is 0. The third-order valence-corrected chi connectivity index (χ3v) is 3.75. The van der Waals surface area contributed by atoms with Crippen molar-refractivity contribution in [3.8, 4) is 0 Å². The number of rotatable bonds is 6. The minimum Gasteiger partial charge on any atom is -0.357 e. The summed E-state index contributed by atoms with van der Waals surface area (Å²) in [5.74, 6) is 0.828. The molecule has 0 bridgehead atoms. The van der Waals surface area contributed by atoms with Crippen LogP contribution >= 0.6 is 35.6 Å². The molecule has 0 aliphatic carbocycles. The first-order valence-corrected chi connectivity index (χ1v) is 8.23. The van der Waals surface area contributed by atoms with E-state index < -0.39 is 0 Å². The van der Waals surface area contributed by atoms with Crippen molar-refractivity contribution in [2.45, 2.75) is 26.8 Å². The Morgan fingerprint density at radius 1 is 1.17 bits per heavy atom. The molecule has 4 nitrogen and oxygen atoms in total. The molecule has 0 saturated carbocycles. The Labute approximate surface area is 166 Å². The summed E-state index contributed by atoms with van der Waals surface area (Å²) in [5, 5.41) is 7.38. The topological polar surface area (TPSA) is 49.3 Å². The van der Waals surface area contributed by atoms with E-state index in [1.54, 1.807) is 0 Å². The van der Waals surface area contributed by atoms with Gasteiger partial charge >= 0.3 is 0 Å². The predicted octanol–water partition coefficient (Wildman–Crippen LogP) is 3.96. The second kappa shape index (κ2) is 11.3. The summed E-state index contributed by atoms with van der Waals surface area (Å²) in [6.45, 7) is 6.44. The standard InChI is InChI=1S/C18H23ClN4.HI/c1-3-21-18(23-13-15-4-6-17(19)7-5-15)22-11-9-16-8-10-20-12-14(16)2;/h4-8,10,12H,3,9,11,13H2,1-2H3,(H2,21,22,23);1H. The van der Waals surface area contributed by atoms with Gasteiger partial charge in [-0.1, -0.05) is 23.7 Å². The lowest BCUT2D eigenvalue weighted by atomic mass is 10.1. The highest BCUT2D eigenvalue weighted by atomic mass is 127. The third-order valence-electron chi connectivity index (χ3n) is 3.50. The lowest BCUT2D eigenvalue weighted by Crippen LogP contribution is -2.38. The molecule has 130 valence electrons. The lowest BCUT2D eigenvalue weighted by Gasteiger charge is -2.12. The van der Waals surface area contributed by atoms with Crippen LogP contribution in [0.4, 0.5) is 0 Å². The Morgan fingerprint density at radius 3 is 2.58 bits per heavy atom. The molecule has 2 N–H and O–H groups in total. The summed E-state index contributed by atoms with van der Waals surface area (Å²) in [7, 11) is 0. The molecule has 2 aromatic rings. The van der Waals surface area contributed by atoms with Crippen molar-refractivity contribution in [2.24, 2.45) is 4.99 Å². The molecular formula is C18H24ClIN4. The number of aromatic nitrogens is 1. The molecule has 1 aromatic heterocycles. The Kier molecular flexibility index (Phi) is 9.71. The van der Waals surface area contributed by atoms with Gasteiger partial charge < -0.3 is 10.6 Å². The largest absolute Gasteiger partial charge is 0.357 e. The van der Waals surface area contributed by atoms with Gasteiger partial charge in [0.2, 0.25) is 0 Å². The summed E-state index contributed by atoms with van der Waals surface area (Å²) in [5.41, 5.74) is 3.66. The molecule has 0 unspecified atom stereocenters. The van der Waals surface area contributed by atoms with Crippen LogP contribution in [0.2, 0.25) is 5.02 Å². The van der Waals surface area contributed by atoms with E-state index in [1.807, 2.05) is 36.7 Å². The SMILES string of the molecule is CCNC(=NCc1ccc(Cl)cc1)NCCc1ccncc1C.I. The van der Waals surface area contributed by atoms with Crippen LogP contribution in [-0.4, -0.2) is 24.0 Å². The van der Waals surface area contributed by atoms with Crippen molar-refractivity contribution >= 4 is 41.5 Å². The predicted molar refractivity (Wildman–Crippen MR) is 112 cm³/mol. The van der Waals surface area contributed by atoms with E-state index in [0.717, 1.165) is 36.1 Å². The average molecular weight is 459 g/mol. The van der Waals surface area contributed by atoms with Gasteiger partial charge in [0.1, 0.15) is 0 Å². The van der Waals surface area contributed by atoms with E-state index in [0.29, 0.717) is 6.54 Å². The van der Waals surface area contributed by atoms with Crippen molar-refractivity contribution in [2.75, 3.05) is 13.1 Å². The third kappa shape index (κ3) is 7.05. The number of hydrogen-bond acceptors (Lipinski definition) is 2. The van der Waals surface area contributed by atoms with Crippen molar-refractivity contribution in [1.29, 1.82) is 0 Å². The van der Waals surface area contributed by atoms with E-state index in [1.165, 1.54) is 11.1 Å². The molecule has 0 saturated heterocycles. The number of halogens is 2. The Hall–Kier alpha value is -1.34. The Morgan fingerprint density at radius 2 is 1.92 bits per heavy atom. The first-order valence-electron chi connectivity index (χ1n) is 7.85. The number of pyridine rings is 1. The second-order valence-electron chi connectivity index (χ2n) is 5.30. The van der Waals surface area contributed by atoms with Gasteiger partial charge in [-0.2, -0.15) is 0 Å². The van der Waals surface area contributed by atoms with Crippen molar-refractivity contribution < 1.29 is 0 Å². The van der Waals surface area contributed by atoms with Crippen LogP contribution < -0.4 is 10.6 Å². The first-order chi connectivity index (χ1) is 11.2. The van der Waals surface area contributed by atoms with E-state index in [2.05, 4.69) is 40.5 Å². The fraction of sp³-hybridized carbons (Fsp3) is 0.333. The van der Waals surface area contributed by atoms with E-state index in [-0.39, 0.29) is 24.0 Å². The summed E-state index contributed by atoms with van der Waals surface area (Å²) >= 11 is 5.90. The van der Waals surface area contributed by atoms with E-state index in [9.17, 15) is 0 Å². The van der Waals surface area contributed by atoms with Crippen molar-refractivity contribution in [3.05, 3.63) is 64.4 Å². The first kappa shape index (κ1) is 20.7. The second-order valence-corrected chi connectivity index (χ2v) is 5.74.